The van der Waals surface area contributed by atoms with Gasteiger partial charge in [0.25, 0.3) is 0 Å². The van der Waals surface area contributed by atoms with Gasteiger partial charge in [0, 0.05) is 17.1 Å². The van der Waals surface area contributed by atoms with Crippen molar-refractivity contribution < 1.29 is 0 Å². The fourth-order valence-electron chi connectivity index (χ4n) is 6.45. The molecule has 0 atom stereocenters. The molecule has 5 aromatic rings. The molecule has 0 aromatic heterocycles. The first-order chi connectivity index (χ1) is 20.0. The zero-order valence-corrected chi connectivity index (χ0v) is 24.1. The van der Waals surface area contributed by atoms with Gasteiger partial charge in [-0.15, -0.1) is 0 Å². The molecular weight excluding hydrogens is 494 g/mol. The third-order valence-corrected chi connectivity index (χ3v) is 8.73. The number of nitrogens with zero attached hydrogens (tertiary/aromatic N) is 1. The Morgan fingerprint density at radius 3 is 1.93 bits per heavy atom. The Balaban J connectivity index is 1.32. The molecule has 1 heteroatoms. The summed E-state index contributed by atoms with van der Waals surface area (Å²) in [6.07, 6.45) is 7.88. The highest BCUT2D eigenvalue weighted by molar-refractivity contribution is 5.86. The standard InChI is InChI=1S/C40H35N/c1-27-12-14-30(15-13-27)31-16-18-34(19-17-31)41(35-20-22-38(29(3)24-35)37-10-6-4-8-28(37)2)36-21-23-40-33(26-36)25-32-9-5-7-11-39(32)40/h5-7,9-24,26H,4,8,25H2,1-3H3. The van der Waals surface area contributed by atoms with Crippen LogP contribution in [0.25, 0.3) is 27.8 Å². The lowest BCUT2D eigenvalue weighted by Gasteiger charge is -2.27. The van der Waals surface area contributed by atoms with Gasteiger partial charge < -0.3 is 4.90 Å². The first-order valence-corrected chi connectivity index (χ1v) is 14.7. The Bertz CT molecular complexity index is 1820. The summed E-state index contributed by atoms with van der Waals surface area (Å²) >= 11 is 0. The maximum absolute atomic E-state index is 2.41. The van der Waals surface area contributed by atoms with E-state index in [1.807, 2.05) is 0 Å². The molecule has 0 saturated heterocycles. The first-order valence-electron chi connectivity index (χ1n) is 14.7. The van der Waals surface area contributed by atoms with Crippen LogP contribution in [0, 0.1) is 13.8 Å². The molecule has 2 aliphatic carbocycles. The van der Waals surface area contributed by atoms with Crippen LogP contribution in [0.3, 0.4) is 0 Å². The van der Waals surface area contributed by atoms with E-state index < -0.39 is 0 Å². The number of rotatable bonds is 5. The molecule has 0 aliphatic heterocycles. The molecule has 0 bridgehead atoms. The summed E-state index contributed by atoms with van der Waals surface area (Å²) < 4.78 is 0. The van der Waals surface area contributed by atoms with Crippen molar-refractivity contribution in [1.82, 2.24) is 0 Å². The Morgan fingerprint density at radius 2 is 1.20 bits per heavy atom. The van der Waals surface area contributed by atoms with Crippen molar-refractivity contribution in [3.63, 3.8) is 0 Å². The van der Waals surface area contributed by atoms with Crippen LogP contribution in [-0.4, -0.2) is 0 Å². The quantitative estimate of drug-likeness (QED) is 0.215. The summed E-state index contributed by atoms with van der Waals surface area (Å²) in [5, 5.41) is 0. The van der Waals surface area contributed by atoms with Crippen LogP contribution in [0.15, 0.2) is 127 Å². The second kappa shape index (κ2) is 10.4. The molecule has 41 heavy (non-hydrogen) atoms. The molecule has 1 nitrogen and oxygen atoms in total. The predicted molar refractivity (Wildman–Crippen MR) is 175 cm³/mol. The molecule has 0 amide bonds. The molecule has 0 unspecified atom stereocenters. The van der Waals surface area contributed by atoms with E-state index in [9.17, 15) is 0 Å². The third kappa shape index (κ3) is 4.72. The van der Waals surface area contributed by atoms with E-state index in [0.29, 0.717) is 0 Å². The third-order valence-electron chi connectivity index (χ3n) is 8.73. The normalized spacial score (nSPS) is 13.7. The number of allylic oxidation sites excluding steroid dienone is 4. The highest BCUT2D eigenvalue weighted by Gasteiger charge is 2.21. The lowest BCUT2D eigenvalue weighted by Crippen LogP contribution is -2.11. The van der Waals surface area contributed by atoms with Gasteiger partial charge in [-0.05, 0) is 127 Å². The minimum Gasteiger partial charge on any atom is -0.310 e. The molecule has 0 fully saturated rings. The predicted octanol–water partition coefficient (Wildman–Crippen LogP) is 11.1. The van der Waals surface area contributed by atoms with Crippen LogP contribution in [0.1, 0.15) is 47.6 Å². The molecule has 5 aromatic carbocycles. The minimum atomic E-state index is 0.983. The van der Waals surface area contributed by atoms with E-state index in [4.69, 9.17) is 0 Å². The van der Waals surface area contributed by atoms with Crippen molar-refractivity contribution in [3.05, 3.63) is 155 Å². The monoisotopic (exact) mass is 529 g/mol. The second-order valence-corrected chi connectivity index (χ2v) is 11.6. The van der Waals surface area contributed by atoms with Crippen LogP contribution >= 0.6 is 0 Å². The molecule has 0 N–H and O–H groups in total. The van der Waals surface area contributed by atoms with Crippen LogP contribution < -0.4 is 4.90 Å². The van der Waals surface area contributed by atoms with Crippen LogP contribution in [0.4, 0.5) is 17.1 Å². The van der Waals surface area contributed by atoms with E-state index in [1.165, 1.54) is 72.6 Å². The maximum Gasteiger partial charge on any atom is 0.0464 e. The summed E-state index contributed by atoms with van der Waals surface area (Å²) in [6.45, 7) is 6.66. The van der Waals surface area contributed by atoms with Crippen molar-refractivity contribution in [3.8, 4) is 22.3 Å². The average Bonchev–Trinajstić information content (AvgIpc) is 3.37. The first kappa shape index (κ1) is 25.4. The molecule has 0 radical (unpaired) electrons. The largest absolute Gasteiger partial charge is 0.310 e. The summed E-state index contributed by atoms with van der Waals surface area (Å²) in [4.78, 5) is 2.41. The van der Waals surface area contributed by atoms with Gasteiger partial charge in [-0.25, -0.2) is 0 Å². The Hall–Kier alpha value is -4.62. The molecule has 0 spiro atoms. The van der Waals surface area contributed by atoms with Gasteiger partial charge >= 0.3 is 0 Å². The topological polar surface area (TPSA) is 3.24 Å². The lowest BCUT2D eigenvalue weighted by molar-refractivity contribution is 0.967. The van der Waals surface area contributed by atoms with Crippen molar-refractivity contribution in [2.24, 2.45) is 0 Å². The average molecular weight is 530 g/mol. The van der Waals surface area contributed by atoms with Crippen molar-refractivity contribution in [2.75, 3.05) is 4.90 Å². The summed E-state index contributed by atoms with van der Waals surface area (Å²) in [5.41, 5.74) is 18.3. The van der Waals surface area contributed by atoms with E-state index in [2.05, 4.69) is 147 Å². The van der Waals surface area contributed by atoms with Crippen LogP contribution in [0.5, 0.6) is 0 Å². The molecule has 200 valence electrons. The zero-order chi connectivity index (χ0) is 27.9. The molecule has 0 saturated carbocycles. The van der Waals surface area contributed by atoms with Crippen molar-refractivity contribution >= 4 is 22.6 Å². The molecule has 2 aliphatic rings. The Kier molecular flexibility index (Phi) is 6.44. The minimum absolute atomic E-state index is 0.983. The van der Waals surface area contributed by atoms with E-state index in [-0.39, 0.29) is 0 Å². The SMILES string of the molecule is CC1=C(c2ccc(N(c3ccc(-c4ccc(C)cc4)cc3)c3ccc4c(c3)Cc3ccccc3-4)cc2C)C=CCC1. The van der Waals surface area contributed by atoms with Crippen LogP contribution in [0.2, 0.25) is 0 Å². The number of fused-ring (bicyclic) bond motifs is 3. The Morgan fingerprint density at radius 1 is 0.561 bits per heavy atom. The molecule has 7 rings (SSSR count). The highest BCUT2D eigenvalue weighted by Crippen LogP contribution is 2.43. The fraction of sp³-hybridized carbons (Fsp3) is 0.150. The summed E-state index contributed by atoms with van der Waals surface area (Å²) in [5.74, 6) is 0. The smallest absolute Gasteiger partial charge is 0.0464 e. The summed E-state index contributed by atoms with van der Waals surface area (Å²) in [6, 6.07) is 40.6. The van der Waals surface area contributed by atoms with E-state index >= 15 is 0 Å². The Labute approximate surface area is 244 Å². The fourth-order valence-corrected chi connectivity index (χ4v) is 6.45. The summed E-state index contributed by atoms with van der Waals surface area (Å²) in [7, 11) is 0. The van der Waals surface area contributed by atoms with E-state index in [0.717, 1.165) is 24.9 Å². The van der Waals surface area contributed by atoms with Gasteiger partial charge in [0.15, 0.2) is 0 Å². The number of anilines is 3. The van der Waals surface area contributed by atoms with E-state index in [1.54, 1.807) is 0 Å². The van der Waals surface area contributed by atoms with Gasteiger partial charge in [0.05, 0.1) is 0 Å². The number of hydrogen-bond donors (Lipinski definition) is 0. The second-order valence-electron chi connectivity index (χ2n) is 11.6. The number of hydrogen-bond acceptors (Lipinski definition) is 1. The molecular formula is C40H35N. The maximum atomic E-state index is 2.41. The number of aryl methyl sites for hydroxylation is 2. The van der Waals surface area contributed by atoms with Crippen molar-refractivity contribution in [2.45, 2.75) is 40.0 Å². The highest BCUT2D eigenvalue weighted by atomic mass is 15.1. The van der Waals surface area contributed by atoms with Crippen molar-refractivity contribution in [1.29, 1.82) is 0 Å². The van der Waals surface area contributed by atoms with Gasteiger partial charge in [0.2, 0.25) is 0 Å². The molecule has 0 heterocycles. The van der Waals surface area contributed by atoms with Crippen LogP contribution in [-0.2, 0) is 6.42 Å². The van der Waals surface area contributed by atoms with Gasteiger partial charge in [0.1, 0.15) is 0 Å². The zero-order valence-electron chi connectivity index (χ0n) is 24.1. The van der Waals surface area contributed by atoms with Gasteiger partial charge in [-0.2, -0.15) is 0 Å². The number of benzene rings is 5. The lowest BCUT2D eigenvalue weighted by atomic mass is 9.90. The van der Waals surface area contributed by atoms with Gasteiger partial charge in [-0.1, -0.05) is 96.1 Å². The van der Waals surface area contributed by atoms with Gasteiger partial charge in [-0.3, -0.25) is 0 Å².